The minimum atomic E-state index is -0.519. The number of anilines is 1. The van der Waals surface area contributed by atoms with Crippen molar-refractivity contribution < 1.29 is 13.9 Å². The second kappa shape index (κ2) is 8.16. The molecule has 3 heterocycles. The van der Waals surface area contributed by atoms with Crippen LogP contribution in [0.15, 0.2) is 34.9 Å². The van der Waals surface area contributed by atoms with Gasteiger partial charge < -0.3 is 14.4 Å². The molecule has 0 aliphatic carbocycles. The van der Waals surface area contributed by atoms with E-state index in [-0.39, 0.29) is 22.6 Å². The lowest BCUT2D eigenvalue weighted by molar-refractivity contribution is 0.474. The highest BCUT2D eigenvalue weighted by molar-refractivity contribution is 5.73. The third-order valence-corrected chi connectivity index (χ3v) is 4.33. The molecule has 0 amide bonds. The van der Waals surface area contributed by atoms with Crippen molar-refractivity contribution in [3.8, 4) is 28.3 Å². The molecule has 0 saturated carbocycles. The number of hydrogen-bond acceptors (Lipinski definition) is 6. The van der Waals surface area contributed by atoms with Gasteiger partial charge in [-0.3, -0.25) is 0 Å². The molecule has 142 valence electrons. The Morgan fingerprint density at radius 1 is 1.07 bits per heavy atom. The van der Waals surface area contributed by atoms with E-state index in [1.165, 1.54) is 18.3 Å². The lowest BCUT2D eigenvalue weighted by atomic mass is 10.1. The second-order valence-electron chi connectivity index (χ2n) is 6.06. The van der Waals surface area contributed by atoms with Gasteiger partial charge in [0.25, 0.3) is 0 Å². The van der Waals surface area contributed by atoms with Crippen molar-refractivity contribution in [2.75, 3.05) is 18.0 Å². The summed E-state index contributed by atoms with van der Waals surface area (Å²) in [5.41, 5.74) is 0.862. The summed E-state index contributed by atoms with van der Waals surface area (Å²) in [7, 11) is 0. The quantitative estimate of drug-likeness (QED) is 0.727. The summed E-state index contributed by atoms with van der Waals surface area (Å²) >= 11 is 0. The predicted octanol–water partition coefficient (Wildman–Crippen LogP) is 4.58. The molecule has 1 aliphatic heterocycles. The standard InChI is InChI=1S/C18H17FN4O2.C2H6/c1-11-20-10-17(25-11)12-9-16(24)13(8-14(12)19)15-4-5-18(22-21-15)23-6-2-3-7-23;1-2/h4-5,8-10,24H,2-3,6-7H2,1H3;1-2H3. The smallest absolute Gasteiger partial charge is 0.191 e. The summed E-state index contributed by atoms with van der Waals surface area (Å²) in [4.78, 5) is 6.11. The van der Waals surface area contributed by atoms with E-state index in [0.717, 1.165) is 31.7 Å². The number of nitrogens with zero attached hydrogens (tertiary/aromatic N) is 4. The van der Waals surface area contributed by atoms with E-state index in [4.69, 9.17) is 4.42 Å². The molecular weight excluding hydrogens is 347 g/mol. The molecule has 2 aromatic heterocycles. The van der Waals surface area contributed by atoms with Gasteiger partial charge in [0, 0.05) is 25.6 Å². The minimum absolute atomic E-state index is 0.0892. The van der Waals surface area contributed by atoms with Crippen LogP contribution in [0.3, 0.4) is 0 Å². The molecule has 7 heteroatoms. The molecule has 27 heavy (non-hydrogen) atoms. The maximum Gasteiger partial charge on any atom is 0.191 e. The van der Waals surface area contributed by atoms with Crippen LogP contribution in [0, 0.1) is 12.7 Å². The van der Waals surface area contributed by atoms with Gasteiger partial charge in [-0.1, -0.05) is 13.8 Å². The molecule has 0 spiro atoms. The summed E-state index contributed by atoms with van der Waals surface area (Å²) in [6.45, 7) is 7.62. The normalized spacial score (nSPS) is 13.4. The summed E-state index contributed by atoms with van der Waals surface area (Å²) in [5, 5.41) is 18.7. The van der Waals surface area contributed by atoms with E-state index in [1.54, 1.807) is 13.0 Å². The van der Waals surface area contributed by atoms with Crippen molar-refractivity contribution in [3.05, 3.63) is 42.2 Å². The Bertz CT molecular complexity index is 903. The van der Waals surface area contributed by atoms with Crippen LogP contribution in [0.4, 0.5) is 10.2 Å². The number of aromatic nitrogens is 3. The first-order chi connectivity index (χ1) is 13.1. The molecule has 4 rings (SSSR count). The molecule has 1 aromatic carbocycles. The van der Waals surface area contributed by atoms with E-state index in [9.17, 15) is 9.50 Å². The molecule has 6 nitrogen and oxygen atoms in total. The average Bonchev–Trinajstić information content (AvgIpc) is 3.37. The van der Waals surface area contributed by atoms with Gasteiger partial charge in [-0.05, 0) is 37.1 Å². The molecule has 1 fully saturated rings. The van der Waals surface area contributed by atoms with Crippen LogP contribution in [-0.2, 0) is 0 Å². The monoisotopic (exact) mass is 370 g/mol. The van der Waals surface area contributed by atoms with Gasteiger partial charge in [0.15, 0.2) is 17.5 Å². The fourth-order valence-electron chi connectivity index (χ4n) is 3.03. The van der Waals surface area contributed by atoms with E-state index < -0.39 is 5.82 Å². The number of phenolic OH excluding ortho intramolecular Hbond substituents is 1. The third kappa shape index (κ3) is 3.92. The predicted molar refractivity (Wildman–Crippen MR) is 102 cm³/mol. The summed E-state index contributed by atoms with van der Waals surface area (Å²) < 4.78 is 19.8. The van der Waals surface area contributed by atoms with E-state index in [0.29, 0.717) is 11.6 Å². The maximum atomic E-state index is 14.5. The van der Waals surface area contributed by atoms with Crippen molar-refractivity contribution in [1.29, 1.82) is 0 Å². The Labute approximate surface area is 157 Å². The molecule has 1 aliphatic rings. The van der Waals surface area contributed by atoms with Crippen LogP contribution < -0.4 is 4.90 Å². The van der Waals surface area contributed by atoms with Crippen molar-refractivity contribution in [1.82, 2.24) is 15.2 Å². The third-order valence-electron chi connectivity index (χ3n) is 4.33. The SMILES string of the molecule is CC.Cc1ncc(-c2cc(O)c(-c3ccc(N4CCCC4)nn3)cc2F)o1. The molecule has 0 radical (unpaired) electrons. The number of phenols is 1. The van der Waals surface area contributed by atoms with Crippen LogP contribution in [-0.4, -0.2) is 33.4 Å². The van der Waals surface area contributed by atoms with Gasteiger partial charge in [0.1, 0.15) is 11.6 Å². The largest absolute Gasteiger partial charge is 0.507 e. The summed E-state index contributed by atoms with van der Waals surface area (Å²) in [6.07, 6.45) is 3.73. The van der Waals surface area contributed by atoms with Gasteiger partial charge in [-0.15, -0.1) is 10.2 Å². The lowest BCUT2D eigenvalue weighted by Crippen LogP contribution is -2.19. The first kappa shape index (κ1) is 18.8. The fourth-order valence-corrected chi connectivity index (χ4v) is 3.03. The van der Waals surface area contributed by atoms with Crippen LogP contribution in [0.2, 0.25) is 0 Å². The van der Waals surface area contributed by atoms with Crippen LogP contribution in [0.5, 0.6) is 5.75 Å². The number of halogens is 1. The molecule has 0 bridgehead atoms. The topological polar surface area (TPSA) is 75.3 Å². The van der Waals surface area contributed by atoms with Crippen molar-refractivity contribution >= 4 is 5.82 Å². The molecular formula is C20H23FN4O2. The van der Waals surface area contributed by atoms with E-state index in [1.807, 2.05) is 19.9 Å². The Kier molecular flexibility index (Phi) is 5.69. The van der Waals surface area contributed by atoms with E-state index >= 15 is 0 Å². The number of aromatic hydroxyl groups is 1. The zero-order valence-corrected chi connectivity index (χ0v) is 15.7. The van der Waals surface area contributed by atoms with Gasteiger partial charge in [-0.25, -0.2) is 9.37 Å². The van der Waals surface area contributed by atoms with Crippen molar-refractivity contribution in [2.24, 2.45) is 0 Å². The molecule has 1 saturated heterocycles. The average molecular weight is 370 g/mol. The molecule has 0 atom stereocenters. The van der Waals surface area contributed by atoms with Gasteiger partial charge in [0.2, 0.25) is 0 Å². The summed E-state index contributed by atoms with van der Waals surface area (Å²) in [6, 6.07) is 6.15. The number of benzene rings is 1. The van der Waals surface area contributed by atoms with Gasteiger partial charge in [0.05, 0.1) is 17.5 Å². The minimum Gasteiger partial charge on any atom is -0.507 e. The van der Waals surface area contributed by atoms with Crippen LogP contribution >= 0.6 is 0 Å². The number of hydrogen-bond donors (Lipinski definition) is 1. The van der Waals surface area contributed by atoms with Gasteiger partial charge >= 0.3 is 0 Å². The zero-order chi connectivity index (χ0) is 19.4. The van der Waals surface area contributed by atoms with Crippen molar-refractivity contribution in [3.63, 3.8) is 0 Å². The van der Waals surface area contributed by atoms with Crippen LogP contribution in [0.1, 0.15) is 32.6 Å². The first-order valence-electron chi connectivity index (χ1n) is 9.16. The molecule has 0 unspecified atom stereocenters. The lowest BCUT2D eigenvalue weighted by Gasteiger charge is -2.15. The molecule has 1 N–H and O–H groups in total. The molecule has 3 aromatic rings. The second-order valence-corrected chi connectivity index (χ2v) is 6.06. The number of aryl methyl sites for hydroxylation is 1. The summed E-state index contributed by atoms with van der Waals surface area (Å²) in [5.74, 6) is 0.895. The van der Waals surface area contributed by atoms with Crippen molar-refractivity contribution in [2.45, 2.75) is 33.6 Å². The van der Waals surface area contributed by atoms with Crippen LogP contribution in [0.25, 0.3) is 22.6 Å². The Hall–Kier alpha value is -2.96. The number of oxazole rings is 1. The Morgan fingerprint density at radius 2 is 1.81 bits per heavy atom. The zero-order valence-electron chi connectivity index (χ0n) is 15.7. The Balaban J connectivity index is 0.00000102. The first-order valence-corrected chi connectivity index (χ1v) is 9.16. The Morgan fingerprint density at radius 3 is 2.41 bits per heavy atom. The van der Waals surface area contributed by atoms with E-state index in [2.05, 4.69) is 20.1 Å². The fraction of sp³-hybridized carbons (Fsp3) is 0.350. The maximum absolute atomic E-state index is 14.5. The highest BCUT2D eigenvalue weighted by Gasteiger charge is 2.18. The highest BCUT2D eigenvalue weighted by Crippen LogP contribution is 2.35. The highest BCUT2D eigenvalue weighted by atomic mass is 19.1. The van der Waals surface area contributed by atoms with Gasteiger partial charge in [-0.2, -0.15) is 0 Å². The number of rotatable bonds is 3.